The Balaban J connectivity index is 2.31. The maximum absolute atomic E-state index is 5.56. The van der Waals surface area contributed by atoms with E-state index in [0.29, 0.717) is 11.1 Å². The lowest BCUT2D eigenvalue weighted by Crippen LogP contribution is -2.07. The van der Waals surface area contributed by atoms with Crippen LogP contribution < -0.4 is 11.1 Å². The van der Waals surface area contributed by atoms with E-state index < -0.39 is 0 Å². The predicted octanol–water partition coefficient (Wildman–Crippen LogP) is 2.22. The molecule has 3 N–H and O–H groups in total. The molecular weight excluding hydrogens is 194 g/mol. The number of thioether (sulfide) groups is 1. The predicted molar refractivity (Wildman–Crippen MR) is 64.7 cm³/mol. The van der Waals surface area contributed by atoms with Crippen molar-refractivity contribution in [3.63, 3.8) is 0 Å². The van der Waals surface area contributed by atoms with Gasteiger partial charge >= 0.3 is 0 Å². The van der Waals surface area contributed by atoms with Crippen molar-refractivity contribution in [1.82, 2.24) is 4.98 Å². The van der Waals surface area contributed by atoms with Gasteiger partial charge in [0.15, 0.2) is 0 Å². The van der Waals surface area contributed by atoms with Crippen LogP contribution in [0.3, 0.4) is 0 Å². The Kier molecular flexibility index (Phi) is 4.59. The van der Waals surface area contributed by atoms with Gasteiger partial charge in [0, 0.05) is 29.7 Å². The van der Waals surface area contributed by atoms with Gasteiger partial charge in [0.2, 0.25) is 0 Å². The zero-order valence-electron chi connectivity index (χ0n) is 8.66. The molecule has 1 heterocycles. The smallest absolute Gasteiger partial charge is 0.125 e. The van der Waals surface area contributed by atoms with E-state index in [2.05, 4.69) is 23.5 Å². The van der Waals surface area contributed by atoms with Gasteiger partial charge in [-0.05, 0) is 18.7 Å². The van der Waals surface area contributed by atoms with Crippen LogP contribution in [0.25, 0.3) is 0 Å². The molecular formula is C10H17N3S. The normalized spacial score (nSPS) is 12.4. The lowest BCUT2D eigenvalue weighted by molar-refractivity contribution is 0.853. The van der Waals surface area contributed by atoms with Crippen LogP contribution in [-0.4, -0.2) is 23.0 Å². The van der Waals surface area contributed by atoms with Gasteiger partial charge in [-0.2, -0.15) is 11.8 Å². The monoisotopic (exact) mass is 211 g/mol. The number of nitrogens with two attached hydrogens (primary N) is 1. The Morgan fingerprint density at radius 2 is 2.43 bits per heavy atom. The first kappa shape index (κ1) is 11.2. The molecule has 0 saturated carbocycles. The molecule has 78 valence electrons. The van der Waals surface area contributed by atoms with Gasteiger partial charge in [0.25, 0.3) is 0 Å². The minimum atomic E-state index is 0.563. The Morgan fingerprint density at radius 3 is 3.07 bits per heavy atom. The molecule has 0 aliphatic rings. The Hall–Kier alpha value is -0.900. The van der Waals surface area contributed by atoms with Gasteiger partial charge in [0.1, 0.15) is 5.82 Å². The summed E-state index contributed by atoms with van der Waals surface area (Å²) in [5, 5.41) is 4.01. The summed E-state index contributed by atoms with van der Waals surface area (Å²) in [5.74, 6) is 0.563. The fourth-order valence-electron chi connectivity index (χ4n) is 1.10. The Morgan fingerprint density at radius 1 is 1.64 bits per heavy atom. The van der Waals surface area contributed by atoms with E-state index in [1.54, 1.807) is 6.20 Å². The second-order valence-corrected chi connectivity index (χ2v) is 4.51. The first-order valence-electron chi connectivity index (χ1n) is 4.70. The Bertz CT molecular complexity index is 278. The zero-order valence-corrected chi connectivity index (χ0v) is 9.47. The number of nitrogen functional groups attached to an aromatic ring is 1. The summed E-state index contributed by atoms with van der Waals surface area (Å²) in [7, 11) is 0. The lowest BCUT2D eigenvalue weighted by atomic mass is 10.3. The minimum Gasteiger partial charge on any atom is -0.385 e. The number of pyridine rings is 1. The highest BCUT2D eigenvalue weighted by Crippen LogP contribution is 2.12. The zero-order chi connectivity index (χ0) is 10.4. The number of rotatable bonds is 5. The van der Waals surface area contributed by atoms with Crippen molar-refractivity contribution >= 4 is 23.3 Å². The van der Waals surface area contributed by atoms with E-state index in [9.17, 15) is 0 Å². The van der Waals surface area contributed by atoms with Crippen molar-refractivity contribution in [3.8, 4) is 0 Å². The molecule has 0 saturated heterocycles. The molecule has 0 radical (unpaired) electrons. The lowest BCUT2D eigenvalue weighted by Gasteiger charge is -2.10. The summed E-state index contributed by atoms with van der Waals surface area (Å²) in [4.78, 5) is 3.93. The standard InChI is InChI=1S/C10H17N3S/c1-8(14-2)3-5-12-9-4-6-13-10(11)7-9/h4,6-8H,3,5H2,1-2H3,(H3,11,12,13). The number of anilines is 2. The van der Waals surface area contributed by atoms with E-state index in [1.165, 1.54) is 0 Å². The van der Waals surface area contributed by atoms with Gasteiger partial charge < -0.3 is 11.1 Å². The van der Waals surface area contributed by atoms with E-state index in [-0.39, 0.29) is 0 Å². The summed E-state index contributed by atoms with van der Waals surface area (Å²) >= 11 is 1.89. The van der Waals surface area contributed by atoms with Crippen molar-refractivity contribution < 1.29 is 0 Å². The highest BCUT2D eigenvalue weighted by Gasteiger charge is 1.98. The molecule has 0 amide bonds. The van der Waals surface area contributed by atoms with Crippen LogP contribution in [0.15, 0.2) is 18.3 Å². The highest BCUT2D eigenvalue weighted by molar-refractivity contribution is 7.99. The number of aromatic nitrogens is 1. The second kappa shape index (κ2) is 5.75. The van der Waals surface area contributed by atoms with Crippen LogP contribution in [0.5, 0.6) is 0 Å². The summed E-state index contributed by atoms with van der Waals surface area (Å²) < 4.78 is 0. The maximum Gasteiger partial charge on any atom is 0.125 e. The molecule has 0 aliphatic carbocycles. The highest BCUT2D eigenvalue weighted by atomic mass is 32.2. The first-order valence-corrected chi connectivity index (χ1v) is 5.99. The van der Waals surface area contributed by atoms with Crippen molar-refractivity contribution in [3.05, 3.63) is 18.3 Å². The molecule has 0 bridgehead atoms. The van der Waals surface area contributed by atoms with Crippen LogP contribution in [0.4, 0.5) is 11.5 Å². The van der Waals surface area contributed by atoms with Gasteiger partial charge in [-0.3, -0.25) is 0 Å². The molecule has 1 unspecified atom stereocenters. The Labute approximate surface area is 89.5 Å². The molecule has 1 atom stereocenters. The molecule has 0 fully saturated rings. The molecule has 0 aliphatic heterocycles. The molecule has 0 aromatic carbocycles. The third-order valence-electron chi connectivity index (χ3n) is 2.06. The van der Waals surface area contributed by atoms with Crippen LogP contribution in [0.1, 0.15) is 13.3 Å². The van der Waals surface area contributed by atoms with Gasteiger partial charge in [-0.1, -0.05) is 6.92 Å². The van der Waals surface area contributed by atoms with Gasteiger partial charge in [0.05, 0.1) is 0 Å². The average molecular weight is 211 g/mol. The molecule has 1 rings (SSSR count). The summed E-state index contributed by atoms with van der Waals surface area (Å²) in [5.41, 5.74) is 6.61. The molecule has 14 heavy (non-hydrogen) atoms. The number of nitrogens with one attached hydrogen (secondary N) is 1. The minimum absolute atomic E-state index is 0.563. The van der Waals surface area contributed by atoms with Crippen LogP contribution in [-0.2, 0) is 0 Å². The SMILES string of the molecule is CSC(C)CCNc1ccnc(N)c1. The van der Waals surface area contributed by atoms with Crippen LogP contribution >= 0.6 is 11.8 Å². The van der Waals surface area contributed by atoms with Crippen LogP contribution in [0.2, 0.25) is 0 Å². The van der Waals surface area contributed by atoms with E-state index in [4.69, 9.17) is 5.73 Å². The van der Waals surface area contributed by atoms with E-state index in [0.717, 1.165) is 18.7 Å². The van der Waals surface area contributed by atoms with Crippen LogP contribution in [0, 0.1) is 0 Å². The summed E-state index contributed by atoms with van der Waals surface area (Å²) in [6.45, 7) is 3.21. The van der Waals surface area contributed by atoms with Gasteiger partial charge in [-0.15, -0.1) is 0 Å². The maximum atomic E-state index is 5.56. The average Bonchev–Trinajstić information content (AvgIpc) is 2.17. The molecule has 4 heteroatoms. The number of nitrogens with zero attached hydrogens (tertiary/aromatic N) is 1. The summed E-state index contributed by atoms with van der Waals surface area (Å²) in [6.07, 6.45) is 5.01. The molecule has 1 aromatic rings. The largest absolute Gasteiger partial charge is 0.385 e. The number of hydrogen-bond donors (Lipinski definition) is 2. The summed E-state index contributed by atoms with van der Waals surface area (Å²) in [6, 6.07) is 3.78. The second-order valence-electron chi connectivity index (χ2n) is 3.23. The third kappa shape index (κ3) is 3.87. The van der Waals surface area contributed by atoms with Crippen molar-refractivity contribution in [2.75, 3.05) is 23.9 Å². The van der Waals surface area contributed by atoms with E-state index >= 15 is 0 Å². The first-order chi connectivity index (χ1) is 6.72. The number of hydrogen-bond acceptors (Lipinski definition) is 4. The molecule has 3 nitrogen and oxygen atoms in total. The quantitative estimate of drug-likeness (QED) is 0.784. The fraction of sp³-hybridized carbons (Fsp3) is 0.500. The topological polar surface area (TPSA) is 50.9 Å². The molecule has 1 aromatic heterocycles. The van der Waals surface area contributed by atoms with Crippen molar-refractivity contribution in [1.29, 1.82) is 0 Å². The van der Waals surface area contributed by atoms with Gasteiger partial charge in [-0.25, -0.2) is 4.98 Å². The van der Waals surface area contributed by atoms with Crippen molar-refractivity contribution in [2.45, 2.75) is 18.6 Å². The fourth-order valence-corrected chi connectivity index (χ4v) is 1.45. The molecule has 0 spiro atoms. The van der Waals surface area contributed by atoms with E-state index in [1.807, 2.05) is 23.9 Å². The third-order valence-corrected chi connectivity index (χ3v) is 3.10. The van der Waals surface area contributed by atoms with Crippen molar-refractivity contribution in [2.24, 2.45) is 0 Å².